The zero-order chi connectivity index (χ0) is 67.9. The van der Waals surface area contributed by atoms with Gasteiger partial charge in [-0.25, -0.2) is 28.7 Å². The van der Waals surface area contributed by atoms with Gasteiger partial charge >= 0.3 is 0 Å². The number of anilines is 4. The van der Waals surface area contributed by atoms with Gasteiger partial charge < -0.3 is 30.2 Å². The molecule has 4 aliphatic rings. The van der Waals surface area contributed by atoms with Crippen LogP contribution in [0.4, 0.5) is 31.5 Å². The van der Waals surface area contributed by atoms with Gasteiger partial charge in [-0.2, -0.15) is 25.6 Å². The fourth-order valence-corrected chi connectivity index (χ4v) is 13.8. The summed E-state index contributed by atoms with van der Waals surface area (Å²) >= 11 is 0. The third-order valence-corrected chi connectivity index (χ3v) is 19.2. The van der Waals surface area contributed by atoms with Gasteiger partial charge in [0.05, 0.1) is 58.2 Å². The predicted molar refractivity (Wildman–Crippen MR) is 373 cm³/mol. The Morgan fingerprint density at radius 2 is 0.929 bits per heavy atom. The van der Waals surface area contributed by atoms with Crippen LogP contribution in [0.1, 0.15) is 25.0 Å². The Morgan fingerprint density at radius 1 is 0.505 bits per heavy atom. The predicted octanol–water partition coefficient (Wildman–Crippen LogP) is 8.99. The fourth-order valence-electron chi connectivity index (χ4n) is 13.8. The Morgan fingerprint density at radius 3 is 1.36 bits per heavy atom. The van der Waals surface area contributed by atoms with E-state index in [9.17, 15) is 28.0 Å². The second-order valence-corrected chi connectivity index (χ2v) is 25.6. The molecule has 2 unspecified atom stereocenters. The number of H-pyrrole nitrogens is 3. The van der Waals surface area contributed by atoms with E-state index in [2.05, 4.69) is 111 Å². The highest BCUT2D eigenvalue weighted by Crippen LogP contribution is 2.39. The monoisotopic (exact) mass is 1330 g/mol. The number of halogens is 2. The van der Waals surface area contributed by atoms with Crippen molar-refractivity contribution < 1.29 is 28.0 Å². The summed E-state index contributed by atoms with van der Waals surface area (Å²) in [6.07, 6.45) is 16.1. The molecule has 5 aromatic heterocycles. The molecule has 4 aliphatic heterocycles. The lowest BCUT2D eigenvalue weighted by atomic mass is 9.81. The van der Waals surface area contributed by atoms with Crippen molar-refractivity contribution in [2.75, 3.05) is 112 Å². The minimum Gasteiger partial charge on any atom is -0.368 e. The van der Waals surface area contributed by atoms with Crippen LogP contribution in [0.5, 0.6) is 0 Å². The number of piperazine rings is 2. The number of nitrogens with zero attached hydrogens (tertiary/aromatic N) is 14. The molecule has 4 fully saturated rings. The Balaban J connectivity index is 0.000000169. The lowest BCUT2D eigenvalue weighted by Gasteiger charge is -2.37. The molecule has 0 saturated carbocycles. The van der Waals surface area contributed by atoms with E-state index in [4.69, 9.17) is 6.42 Å². The molecule has 6 aromatic carbocycles. The zero-order valence-corrected chi connectivity index (χ0v) is 54.2. The summed E-state index contributed by atoms with van der Waals surface area (Å²) in [5.41, 5.74) is 8.87. The molecule has 5 N–H and O–H groups in total. The van der Waals surface area contributed by atoms with Crippen molar-refractivity contribution in [1.82, 2.24) is 75.3 Å². The number of benzene rings is 6. The minimum absolute atomic E-state index is 0.0573. The molecule has 9 heterocycles. The molecular weight excluding hydrogens is 1260 g/mol. The molecule has 500 valence electrons. The van der Waals surface area contributed by atoms with Crippen molar-refractivity contribution in [2.45, 2.75) is 25.7 Å². The van der Waals surface area contributed by atoms with Crippen molar-refractivity contribution >= 4 is 68.2 Å². The molecule has 4 saturated heterocycles. The molecule has 2 atom stereocenters. The highest BCUT2D eigenvalue weighted by molar-refractivity contribution is 6.02. The van der Waals surface area contributed by atoms with E-state index < -0.39 is 10.8 Å². The first-order valence-corrected chi connectivity index (χ1v) is 33.0. The lowest BCUT2D eigenvalue weighted by Crippen LogP contribution is -2.51. The van der Waals surface area contributed by atoms with E-state index >= 15 is 0 Å². The second-order valence-electron chi connectivity index (χ2n) is 25.6. The van der Waals surface area contributed by atoms with Gasteiger partial charge in [0, 0.05) is 159 Å². The third-order valence-electron chi connectivity index (χ3n) is 19.2. The molecule has 0 aliphatic carbocycles. The topological polar surface area (TPSA) is 262 Å². The van der Waals surface area contributed by atoms with Crippen molar-refractivity contribution in [3.05, 3.63) is 194 Å². The lowest BCUT2D eigenvalue weighted by molar-refractivity contribution is -0.133. The molecule has 15 rings (SSSR count). The van der Waals surface area contributed by atoms with Gasteiger partial charge in [0.1, 0.15) is 11.6 Å². The smallest absolute Gasteiger partial charge is 0.236 e. The third kappa shape index (κ3) is 14.4. The minimum atomic E-state index is -0.821. The van der Waals surface area contributed by atoms with Crippen LogP contribution in [0.15, 0.2) is 177 Å². The highest BCUT2D eigenvalue weighted by Gasteiger charge is 2.47. The van der Waals surface area contributed by atoms with Crippen LogP contribution < -0.4 is 20.4 Å². The summed E-state index contributed by atoms with van der Waals surface area (Å²) in [4.78, 5) is 84.7. The zero-order valence-electron chi connectivity index (χ0n) is 54.2. The first kappa shape index (κ1) is 64.7. The fraction of sp³-hybridized carbons (Fsp3) is 0.270. The number of carbonyl (C=O) groups excluding carboxylic acids is 4. The largest absolute Gasteiger partial charge is 0.368 e. The normalized spacial score (nSPS) is 18.1. The van der Waals surface area contributed by atoms with Gasteiger partial charge in [-0.3, -0.25) is 39.2 Å². The van der Waals surface area contributed by atoms with Gasteiger partial charge in [0.15, 0.2) is 11.6 Å². The van der Waals surface area contributed by atoms with Gasteiger partial charge in [-0.1, -0.05) is 0 Å². The van der Waals surface area contributed by atoms with Crippen molar-refractivity contribution in [3.63, 3.8) is 0 Å². The molecule has 11 aromatic rings. The maximum Gasteiger partial charge on any atom is 0.236 e. The maximum atomic E-state index is 14.2. The Hall–Kier alpha value is -11.6. The van der Waals surface area contributed by atoms with Crippen molar-refractivity contribution in [2.24, 2.45) is 10.8 Å². The van der Waals surface area contributed by atoms with Gasteiger partial charge in [-0.05, 0) is 172 Å². The second kappa shape index (κ2) is 28.6. The molecule has 0 spiro atoms. The Kier molecular flexibility index (Phi) is 18.7. The summed E-state index contributed by atoms with van der Waals surface area (Å²) in [6, 6.07) is 43.4. The van der Waals surface area contributed by atoms with Crippen LogP contribution in [-0.4, -0.2) is 191 Å². The summed E-state index contributed by atoms with van der Waals surface area (Å²) in [5.74, 6) is 3.25. The van der Waals surface area contributed by atoms with E-state index in [1.807, 2.05) is 75.4 Å². The molecule has 0 radical (unpaired) electrons. The average molecular weight is 1330 g/mol. The number of carbonyl (C=O) groups is 4. The SMILES string of the molecule is C#CCC1(C(=O)Nc2ccc3[nH]nc(-c4ccc(F)cc4)c3c2)CCN(CC(=O)N2CCN(c3ccc(-c4ncccn4)cc3)CC2)C1.O=C(CN1CCC(Cc2cn[nH]n2)(C(=O)Nc2ccc3[nH]nc(-c4ccc(F)cc4)c3c2)C1)N1CCN(c2ccc(-c3ncccn3)cc2)CC1. The van der Waals surface area contributed by atoms with E-state index in [-0.39, 0.29) is 54.8 Å². The summed E-state index contributed by atoms with van der Waals surface area (Å²) in [5, 5.41) is 33.6. The van der Waals surface area contributed by atoms with E-state index in [0.29, 0.717) is 112 Å². The summed E-state index contributed by atoms with van der Waals surface area (Å²) in [6.45, 7) is 7.93. The molecule has 99 heavy (non-hydrogen) atoms. The van der Waals surface area contributed by atoms with E-state index in [1.165, 1.54) is 24.3 Å². The number of rotatable bonds is 17. The number of hydrogen-bond donors (Lipinski definition) is 5. The molecular formula is C74H71F2N19O4. The highest BCUT2D eigenvalue weighted by atomic mass is 19.1. The molecule has 0 bridgehead atoms. The van der Waals surface area contributed by atoms with Crippen LogP contribution >= 0.6 is 0 Å². The number of aromatic amines is 3. The first-order chi connectivity index (χ1) is 48.3. The van der Waals surface area contributed by atoms with Crippen LogP contribution in [0, 0.1) is 34.8 Å². The van der Waals surface area contributed by atoms with E-state index in [1.54, 1.807) is 67.4 Å². The Labute approximate surface area is 569 Å². The van der Waals surface area contributed by atoms with Gasteiger partial charge in [-0.15, -0.1) is 12.3 Å². The summed E-state index contributed by atoms with van der Waals surface area (Å²) < 4.78 is 27.1. The number of fused-ring (bicyclic) bond motifs is 2. The van der Waals surface area contributed by atoms with Crippen LogP contribution in [0.3, 0.4) is 0 Å². The average Bonchev–Trinajstić information content (AvgIpc) is 1.68. The molecule has 25 heteroatoms. The summed E-state index contributed by atoms with van der Waals surface area (Å²) in [7, 11) is 0. The number of amides is 4. The standard InChI is InChI=1S/C37H36FN11O2.C37H35FN8O2/c38-27-6-2-25(3-7-27)34-31-20-28(8-11-32(31)44-45-34)42-36(51)37(21-29-22-41-46-43-29)12-15-47(24-37)23-33(50)49-18-16-48(17-19-49)30-9-4-26(5-10-30)35-39-13-1-14-40-35;1-2-14-37(36(48)41-29-10-13-32-31(23-29)34(43-42-32)26-4-8-28(38)9-5-26)15-18-44(25-37)24-33(47)46-21-19-45(20-22-46)30-11-6-27(7-12-30)35-39-16-3-17-40-35/h1-11,13-14,20,22H,12,15-19,21,23-24H2,(H,42,51)(H,44,45)(H,41,43,46);1,3-13,16-17,23H,14-15,18-22,24-25H2,(H,41,48)(H,42,43). The quantitative estimate of drug-likeness (QED) is 0.0533. The van der Waals surface area contributed by atoms with Crippen molar-refractivity contribution in [1.29, 1.82) is 0 Å². The molecule has 4 amide bonds. The van der Waals surface area contributed by atoms with Crippen LogP contribution in [0.2, 0.25) is 0 Å². The maximum absolute atomic E-state index is 14.2. The number of hydrogen-bond acceptors (Lipinski definition) is 16. The molecule has 23 nitrogen and oxygen atoms in total. The first-order valence-electron chi connectivity index (χ1n) is 33.0. The number of terminal acetylenes is 1. The van der Waals surface area contributed by atoms with Crippen LogP contribution in [-0.2, 0) is 25.6 Å². The Bertz CT molecular complexity index is 4690. The van der Waals surface area contributed by atoms with Gasteiger partial charge in [0.2, 0.25) is 23.6 Å². The van der Waals surface area contributed by atoms with E-state index in [0.717, 1.165) is 81.6 Å². The number of likely N-dealkylation sites (tertiary alicyclic amines) is 2. The van der Waals surface area contributed by atoms with Crippen LogP contribution in [0.25, 0.3) is 67.1 Å². The number of aromatic nitrogens is 11. The van der Waals surface area contributed by atoms with Gasteiger partial charge in [0.25, 0.3) is 0 Å². The van der Waals surface area contributed by atoms with Crippen molar-refractivity contribution in [3.8, 4) is 57.6 Å². The number of nitrogens with one attached hydrogen (secondary N) is 5.